The zero-order valence-corrected chi connectivity index (χ0v) is 10.7. The third-order valence-electron chi connectivity index (χ3n) is 3.88. The molecule has 0 unspecified atom stereocenters. The van der Waals surface area contributed by atoms with Gasteiger partial charge in [-0.3, -0.25) is 9.59 Å². The van der Waals surface area contributed by atoms with Crippen LogP contribution in [0, 0.1) is 5.92 Å². The van der Waals surface area contributed by atoms with Crippen molar-refractivity contribution in [3.8, 4) is 0 Å². The Morgan fingerprint density at radius 3 is 2.47 bits per heavy atom. The molecular weight excluding hydrogens is 244 g/mol. The molecule has 102 valence electrons. The predicted octanol–water partition coefficient (Wildman–Crippen LogP) is 2.67. The summed E-state index contributed by atoms with van der Waals surface area (Å²) in [5, 5.41) is 18.1. The normalized spacial score (nSPS) is 22.3. The van der Waals surface area contributed by atoms with Crippen molar-refractivity contribution in [1.29, 1.82) is 0 Å². The van der Waals surface area contributed by atoms with Gasteiger partial charge in [0.05, 0.1) is 6.42 Å². The van der Waals surface area contributed by atoms with E-state index in [-0.39, 0.29) is 24.7 Å². The smallest absolute Gasteiger partial charge is 0.303 e. The first-order chi connectivity index (χ1) is 9.08. The fourth-order valence-electron chi connectivity index (χ4n) is 3.07. The minimum Gasteiger partial charge on any atom is -0.481 e. The van der Waals surface area contributed by atoms with E-state index in [1.54, 1.807) is 0 Å². The van der Waals surface area contributed by atoms with E-state index < -0.39 is 11.9 Å². The maximum Gasteiger partial charge on any atom is 0.303 e. The topological polar surface area (TPSA) is 74.6 Å². The lowest BCUT2D eigenvalue weighted by atomic mass is 9.80. The maximum atomic E-state index is 11.1. The summed E-state index contributed by atoms with van der Waals surface area (Å²) < 4.78 is 0. The molecule has 0 amide bonds. The van der Waals surface area contributed by atoms with Crippen LogP contribution in [-0.2, 0) is 16.0 Å². The molecule has 0 saturated carbocycles. The van der Waals surface area contributed by atoms with Crippen molar-refractivity contribution >= 4 is 11.9 Å². The fraction of sp³-hybridized carbons (Fsp3) is 0.467. The first-order valence-electron chi connectivity index (χ1n) is 6.59. The second-order valence-electron chi connectivity index (χ2n) is 5.15. The number of aliphatic carboxylic acids is 2. The first kappa shape index (κ1) is 13.6. The molecular formula is C15H18O4. The van der Waals surface area contributed by atoms with E-state index in [0.717, 1.165) is 24.8 Å². The zero-order valence-electron chi connectivity index (χ0n) is 10.7. The molecule has 0 aliphatic heterocycles. The second kappa shape index (κ2) is 5.87. The van der Waals surface area contributed by atoms with Gasteiger partial charge in [0.2, 0.25) is 0 Å². The molecule has 1 aromatic rings. The van der Waals surface area contributed by atoms with Crippen LogP contribution in [0.1, 0.15) is 42.7 Å². The van der Waals surface area contributed by atoms with Gasteiger partial charge in [-0.05, 0) is 42.2 Å². The van der Waals surface area contributed by atoms with E-state index in [1.165, 1.54) is 5.56 Å². The molecule has 0 aromatic heterocycles. The van der Waals surface area contributed by atoms with Crippen molar-refractivity contribution in [1.82, 2.24) is 0 Å². The highest BCUT2D eigenvalue weighted by Crippen LogP contribution is 2.39. The number of carbonyl (C=O) groups is 2. The molecule has 0 fully saturated rings. The van der Waals surface area contributed by atoms with Crippen LogP contribution < -0.4 is 0 Å². The lowest BCUT2D eigenvalue weighted by molar-refractivity contribution is -0.141. The van der Waals surface area contributed by atoms with E-state index in [9.17, 15) is 9.59 Å². The van der Waals surface area contributed by atoms with Crippen molar-refractivity contribution in [2.75, 3.05) is 0 Å². The summed E-state index contributed by atoms with van der Waals surface area (Å²) in [4.78, 5) is 22.0. The molecule has 0 heterocycles. The monoisotopic (exact) mass is 262 g/mol. The van der Waals surface area contributed by atoms with Gasteiger partial charge in [0.15, 0.2) is 0 Å². The second-order valence-corrected chi connectivity index (χ2v) is 5.15. The van der Waals surface area contributed by atoms with E-state index >= 15 is 0 Å². The van der Waals surface area contributed by atoms with E-state index in [4.69, 9.17) is 10.2 Å². The number of carboxylic acid groups (broad SMARTS) is 2. The quantitative estimate of drug-likeness (QED) is 0.818. The molecule has 19 heavy (non-hydrogen) atoms. The van der Waals surface area contributed by atoms with Crippen molar-refractivity contribution in [2.24, 2.45) is 5.92 Å². The lowest BCUT2D eigenvalue weighted by Gasteiger charge is -2.24. The van der Waals surface area contributed by atoms with Gasteiger partial charge in [0, 0.05) is 6.42 Å². The lowest BCUT2D eigenvalue weighted by Crippen LogP contribution is -2.19. The molecule has 4 heteroatoms. The third kappa shape index (κ3) is 3.34. The van der Waals surface area contributed by atoms with Crippen LogP contribution in [0.15, 0.2) is 24.3 Å². The zero-order chi connectivity index (χ0) is 13.8. The third-order valence-corrected chi connectivity index (χ3v) is 3.88. The highest BCUT2D eigenvalue weighted by atomic mass is 16.4. The number of rotatable bonds is 4. The number of carboxylic acids is 2. The van der Waals surface area contributed by atoms with Gasteiger partial charge in [0.1, 0.15) is 0 Å². The molecule has 0 spiro atoms. The van der Waals surface area contributed by atoms with Crippen LogP contribution in [0.3, 0.4) is 0 Å². The average molecular weight is 262 g/mol. The summed E-state index contributed by atoms with van der Waals surface area (Å²) in [7, 11) is 0. The van der Waals surface area contributed by atoms with Gasteiger partial charge in [-0.2, -0.15) is 0 Å². The van der Waals surface area contributed by atoms with Gasteiger partial charge in [0.25, 0.3) is 0 Å². The Hall–Kier alpha value is -1.84. The SMILES string of the molecule is O=C(O)C[C@@H]1CCCc2ccccc2[C@@H]1CC(=O)O. The minimum absolute atomic E-state index is 0.00889. The Morgan fingerprint density at radius 1 is 1.11 bits per heavy atom. The summed E-state index contributed by atoms with van der Waals surface area (Å²) in [6.45, 7) is 0. The molecule has 2 N–H and O–H groups in total. The van der Waals surface area contributed by atoms with Gasteiger partial charge in [-0.1, -0.05) is 24.3 Å². The summed E-state index contributed by atoms with van der Waals surface area (Å²) in [5.74, 6) is -1.98. The summed E-state index contributed by atoms with van der Waals surface area (Å²) in [6.07, 6.45) is 2.66. The van der Waals surface area contributed by atoms with Crippen molar-refractivity contribution in [3.63, 3.8) is 0 Å². The minimum atomic E-state index is -0.864. The Labute approximate surface area is 112 Å². The molecule has 0 bridgehead atoms. The molecule has 2 atom stereocenters. The van der Waals surface area contributed by atoms with E-state index in [1.807, 2.05) is 24.3 Å². The van der Waals surface area contributed by atoms with Gasteiger partial charge >= 0.3 is 11.9 Å². The van der Waals surface area contributed by atoms with Crippen LogP contribution in [0.5, 0.6) is 0 Å². The van der Waals surface area contributed by atoms with Crippen LogP contribution in [0.4, 0.5) is 0 Å². The Bertz CT molecular complexity index is 481. The van der Waals surface area contributed by atoms with Crippen LogP contribution >= 0.6 is 0 Å². The molecule has 1 aliphatic carbocycles. The van der Waals surface area contributed by atoms with Gasteiger partial charge in [-0.15, -0.1) is 0 Å². The summed E-state index contributed by atoms with van der Waals surface area (Å²) in [6, 6.07) is 7.82. The largest absolute Gasteiger partial charge is 0.481 e. The summed E-state index contributed by atoms with van der Waals surface area (Å²) >= 11 is 0. The number of hydrogen-bond acceptors (Lipinski definition) is 2. The van der Waals surface area contributed by atoms with Gasteiger partial charge in [-0.25, -0.2) is 0 Å². The Kier molecular flexibility index (Phi) is 4.20. The van der Waals surface area contributed by atoms with Gasteiger partial charge < -0.3 is 10.2 Å². The number of hydrogen-bond donors (Lipinski definition) is 2. The predicted molar refractivity (Wildman–Crippen MR) is 70.1 cm³/mol. The molecule has 0 radical (unpaired) electrons. The molecule has 4 nitrogen and oxygen atoms in total. The highest BCUT2D eigenvalue weighted by Gasteiger charge is 2.30. The van der Waals surface area contributed by atoms with Crippen LogP contribution in [0.2, 0.25) is 0 Å². The first-order valence-corrected chi connectivity index (χ1v) is 6.59. The number of benzene rings is 1. The Morgan fingerprint density at radius 2 is 1.79 bits per heavy atom. The van der Waals surface area contributed by atoms with E-state index in [2.05, 4.69) is 0 Å². The standard InChI is InChI=1S/C15H18O4/c16-14(17)8-11-6-3-5-10-4-1-2-7-12(10)13(11)9-15(18)19/h1-2,4,7,11,13H,3,5-6,8-9H2,(H,16,17)(H,18,19)/t11-,13+/m0/s1. The maximum absolute atomic E-state index is 11.1. The fourth-order valence-corrected chi connectivity index (χ4v) is 3.07. The molecule has 1 aromatic carbocycles. The summed E-state index contributed by atoms with van der Waals surface area (Å²) in [5.41, 5.74) is 2.19. The Balaban J connectivity index is 2.35. The van der Waals surface area contributed by atoms with Crippen molar-refractivity contribution in [3.05, 3.63) is 35.4 Å². The van der Waals surface area contributed by atoms with E-state index in [0.29, 0.717) is 0 Å². The molecule has 2 rings (SSSR count). The van der Waals surface area contributed by atoms with Crippen molar-refractivity contribution in [2.45, 2.75) is 38.0 Å². The number of fused-ring (bicyclic) bond motifs is 1. The van der Waals surface area contributed by atoms with Crippen LogP contribution in [-0.4, -0.2) is 22.2 Å². The average Bonchev–Trinajstić information content (AvgIpc) is 2.49. The van der Waals surface area contributed by atoms with Crippen LogP contribution in [0.25, 0.3) is 0 Å². The number of aryl methyl sites for hydroxylation is 1. The van der Waals surface area contributed by atoms with Crippen molar-refractivity contribution < 1.29 is 19.8 Å². The molecule has 0 saturated heterocycles. The highest BCUT2D eigenvalue weighted by molar-refractivity contribution is 5.70. The molecule has 1 aliphatic rings.